The van der Waals surface area contributed by atoms with Gasteiger partial charge in [0.2, 0.25) is 5.91 Å². The minimum Gasteiger partial charge on any atom is -0.462 e. The first-order valence-corrected chi connectivity index (χ1v) is 7.78. The fraction of sp³-hybridized carbons (Fsp3) is 0.529. The van der Waals surface area contributed by atoms with Crippen molar-refractivity contribution in [2.24, 2.45) is 5.92 Å². The number of likely N-dealkylation sites (tertiary alicyclic amines) is 1. The lowest BCUT2D eigenvalue weighted by Crippen LogP contribution is -2.38. The zero-order valence-electron chi connectivity index (χ0n) is 13.5. The van der Waals surface area contributed by atoms with Crippen LogP contribution < -0.4 is 5.32 Å². The van der Waals surface area contributed by atoms with Gasteiger partial charge in [0, 0.05) is 12.2 Å². The lowest BCUT2D eigenvalue weighted by molar-refractivity contribution is -0.121. The maximum atomic E-state index is 12.4. The Morgan fingerprint density at radius 1 is 1.41 bits per heavy atom. The summed E-state index contributed by atoms with van der Waals surface area (Å²) >= 11 is 0. The minimum atomic E-state index is -0.336. The Morgan fingerprint density at radius 3 is 2.82 bits per heavy atom. The molecule has 1 aliphatic heterocycles. The van der Waals surface area contributed by atoms with Crippen LogP contribution in [0.2, 0.25) is 0 Å². The molecule has 1 heterocycles. The van der Waals surface area contributed by atoms with E-state index in [2.05, 4.69) is 10.2 Å². The van der Waals surface area contributed by atoms with E-state index in [1.54, 1.807) is 25.1 Å². The predicted octanol–water partition coefficient (Wildman–Crippen LogP) is 2.45. The highest BCUT2D eigenvalue weighted by Crippen LogP contribution is 2.21. The Bertz CT molecular complexity index is 557. The van der Waals surface area contributed by atoms with Crippen molar-refractivity contribution in [3.8, 4) is 0 Å². The van der Waals surface area contributed by atoms with Crippen LogP contribution in [0, 0.1) is 12.8 Å². The Balaban J connectivity index is 2.03. The number of nitrogens with zero attached hydrogens (tertiary/aromatic N) is 1. The summed E-state index contributed by atoms with van der Waals surface area (Å²) in [5.74, 6) is -0.251. The molecule has 0 spiro atoms. The van der Waals surface area contributed by atoms with Crippen molar-refractivity contribution in [3.63, 3.8) is 0 Å². The Morgan fingerprint density at radius 2 is 2.18 bits per heavy atom. The fourth-order valence-corrected chi connectivity index (χ4v) is 2.76. The molecular weight excluding hydrogens is 280 g/mol. The quantitative estimate of drug-likeness (QED) is 0.868. The predicted molar refractivity (Wildman–Crippen MR) is 86.0 cm³/mol. The molecule has 0 aliphatic carbocycles. The van der Waals surface area contributed by atoms with Crippen molar-refractivity contribution in [3.05, 3.63) is 29.3 Å². The van der Waals surface area contributed by atoms with Crippen LogP contribution in [0.1, 0.15) is 35.7 Å². The Hall–Kier alpha value is -1.88. The van der Waals surface area contributed by atoms with E-state index in [1.807, 2.05) is 14.0 Å². The summed E-state index contributed by atoms with van der Waals surface area (Å²) in [6, 6.07) is 5.21. The van der Waals surface area contributed by atoms with Crippen LogP contribution in [0.15, 0.2) is 18.2 Å². The van der Waals surface area contributed by atoms with Crippen molar-refractivity contribution in [1.29, 1.82) is 0 Å². The van der Waals surface area contributed by atoms with E-state index in [9.17, 15) is 9.59 Å². The van der Waals surface area contributed by atoms with Gasteiger partial charge in [-0.1, -0.05) is 0 Å². The number of carbonyl (C=O) groups is 2. The number of aryl methyl sites for hydroxylation is 1. The summed E-state index contributed by atoms with van der Waals surface area (Å²) in [7, 11) is 2.04. The summed E-state index contributed by atoms with van der Waals surface area (Å²) in [5.41, 5.74) is 2.13. The number of ether oxygens (including phenoxy) is 1. The van der Waals surface area contributed by atoms with Gasteiger partial charge in [-0.25, -0.2) is 4.79 Å². The lowest BCUT2D eigenvalue weighted by atomic mass is 9.97. The van der Waals surface area contributed by atoms with Gasteiger partial charge < -0.3 is 15.0 Å². The second-order valence-corrected chi connectivity index (χ2v) is 5.84. The average Bonchev–Trinajstić information content (AvgIpc) is 2.49. The van der Waals surface area contributed by atoms with Gasteiger partial charge in [0.15, 0.2) is 0 Å². The second kappa shape index (κ2) is 7.40. The molecule has 1 N–H and O–H groups in total. The van der Waals surface area contributed by atoms with Crippen molar-refractivity contribution in [2.45, 2.75) is 26.7 Å². The molecular formula is C17H24N2O3. The summed E-state index contributed by atoms with van der Waals surface area (Å²) in [5, 5.41) is 2.98. The fourth-order valence-electron chi connectivity index (χ4n) is 2.76. The Labute approximate surface area is 131 Å². The van der Waals surface area contributed by atoms with E-state index in [4.69, 9.17) is 4.74 Å². The first-order valence-electron chi connectivity index (χ1n) is 7.78. The Kier molecular flexibility index (Phi) is 5.55. The number of carbonyl (C=O) groups excluding carboxylic acids is 2. The zero-order valence-corrected chi connectivity index (χ0v) is 13.5. The molecule has 1 fully saturated rings. The second-order valence-electron chi connectivity index (χ2n) is 5.84. The molecule has 0 aromatic heterocycles. The standard InChI is InChI=1S/C17H24N2O3/c1-4-22-17(21)13-7-8-15(12(2)10-13)18-16(20)14-6-5-9-19(3)11-14/h7-8,10,14H,4-6,9,11H2,1-3H3,(H,18,20)/t14-/m1/s1. The molecule has 2 rings (SSSR count). The molecule has 0 bridgehead atoms. The highest BCUT2D eigenvalue weighted by molar-refractivity contribution is 5.95. The molecule has 1 saturated heterocycles. The SMILES string of the molecule is CCOC(=O)c1ccc(NC(=O)[C@@H]2CCCN(C)C2)c(C)c1. The molecule has 5 heteroatoms. The van der Waals surface area contributed by atoms with Gasteiger partial charge >= 0.3 is 5.97 Å². The summed E-state index contributed by atoms with van der Waals surface area (Å²) in [6.07, 6.45) is 1.98. The van der Waals surface area contributed by atoms with Gasteiger partial charge in [-0.15, -0.1) is 0 Å². The third kappa shape index (κ3) is 4.07. The number of piperidine rings is 1. The number of esters is 1. The third-order valence-electron chi connectivity index (χ3n) is 3.99. The number of hydrogen-bond acceptors (Lipinski definition) is 4. The van der Waals surface area contributed by atoms with E-state index in [0.29, 0.717) is 12.2 Å². The first kappa shape index (κ1) is 16.5. The molecule has 22 heavy (non-hydrogen) atoms. The molecule has 120 valence electrons. The van der Waals surface area contributed by atoms with Crippen molar-refractivity contribution in [1.82, 2.24) is 4.90 Å². The van der Waals surface area contributed by atoms with Crippen LogP contribution >= 0.6 is 0 Å². The summed E-state index contributed by atoms with van der Waals surface area (Å²) in [4.78, 5) is 26.2. The summed E-state index contributed by atoms with van der Waals surface area (Å²) < 4.78 is 4.98. The normalized spacial score (nSPS) is 18.8. The highest BCUT2D eigenvalue weighted by Gasteiger charge is 2.24. The van der Waals surface area contributed by atoms with Gasteiger partial charge in [-0.05, 0) is 64.0 Å². The van der Waals surface area contributed by atoms with Crippen molar-refractivity contribution < 1.29 is 14.3 Å². The highest BCUT2D eigenvalue weighted by atomic mass is 16.5. The van der Waals surface area contributed by atoms with E-state index in [-0.39, 0.29) is 17.8 Å². The number of hydrogen-bond donors (Lipinski definition) is 1. The maximum Gasteiger partial charge on any atom is 0.338 e. The van der Waals surface area contributed by atoms with E-state index < -0.39 is 0 Å². The third-order valence-corrected chi connectivity index (χ3v) is 3.99. The van der Waals surface area contributed by atoms with Crippen LogP contribution in [0.25, 0.3) is 0 Å². The van der Waals surface area contributed by atoms with Gasteiger partial charge in [-0.3, -0.25) is 4.79 Å². The van der Waals surface area contributed by atoms with Crippen LogP contribution in [0.3, 0.4) is 0 Å². The maximum absolute atomic E-state index is 12.4. The van der Waals surface area contributed by atoms with Crippen LogP contribution in [-0.4, -0.2) is 43.5 Å². The lowest BCUT2D eigenvalue weighted by Gasteiger charge is -2.28. The monoisotopic (exact) mass is 304 g/mol. The van der Waals surface area contributed by atoms with Gasteiger partial charge in [0.1, 0.15) is 0 Å². The molecule has 0 saturated carbocycles. The van der Waals surface area contributed by atoms with E-state index in [1.165, 1.54) is 0 Å². The number of anilines is 1. The number of amides is 1. The van der Waals surface area contributed by atoms with Gasteiger partial charge in [0.05, 0.1) is 18.1 Å². The first-order chi connectivity index (χ1) is 10.5. The van der Waals surface area contributed by atoms with E-state index in [0.717, 1.165) is 37.2 Å². The van der Waals surface area contributed by atoms with Crippen LogP contribution in [0.4, 0.5) is 5.69 Å². The molecule has 0 radical (unpaired) electrons. The van der Waals surface area contributed by atoms with Crippen LogP contribution in [-0.2, 0) is 9.53 Å². The molecule has 1 aromatic carbocycles. The van der Waals surface area contributed by atoms with Gasteiger partial charge in [-0.2, -0.15) is 0 Å². The molecule has 1 aliphatic rings. The largest absolute Gasteiger partial charge is 0.462 e. The minimum absolute atomic E-state index is 0.0304. The van der Waals surface area contributed by atoms with Crippen LogP contribution in [0.5, 0.6) is 0 Å². The smallest absolute Gasteiger partial charge is 0.338 e. The molecule has 1 aromatic rings. The molecule has 1 atom stereocenters. The number of benzene rings is 1. The summed E-state index contributed by atoms with van der Waals surface area (Å²) in [6.45, 7) is 5.86. The number of nitrogens with one attached hydrogen (secondary N) is 1. The van der Waals surface area contributed by atoms with E-state index >= 15 is 0 Å². The van der Waals surface area contributed by atoms with Crippen molar-refractivity contribution in [2.75, 3.05) is 32.1 Å². The van der Waals surface area contributed by atoms with Gasteiger partial charge in [0.25, 0.3) is 0 Å². The number of rotatable bonds is 4. The zero-order chi connectivity index (χ0) is 16.1. The van der Waals surface area contributed by atoms with Crippen molar-refractivity contribution >= 4 is 17.6 Å². The molecule has 0 unspecified atom stereocenters. The topological polar surface area (TPSA) is 58.6 Å². The molecule has 5 nitrogen and oxygen atoms in total. The average molecular weight is 304 g/mol. The molecule has 1 amide bonds.